The molecule has 1 saturated carbocycles. The molecule has 5 N–H and O–H groups in total. The van der Waals surface area contributed by atoms with E-state index < -0.39 is 8.32 Å². The number of aryl methyl sites for hydroxylation is 1. The van der Waals surface area contributed by atoms with Gasteiger partial charge in [-0.15, -0.1) is 0 Å². The van der Waals surface area contributed by atoms with Crippen LogP contribution in [0, 0.1) is 5.41 Å². The molecule has 0 amide bonds. The van der Waals surface area contributed by atoms with Gasteiger partial charge in [-0.05, 0) is 91.8 Å². The minimum Gasteiger partial charge on any atom is -0.543 e. The lowest BCUT2D eigenvalue weighted by molar-refractivity contribution is -0.0199. The van der Waals surface area contributed by atoms with Gasteiger partial charge in [-0.25, -0.2) is 9.51 Å². The summed E-state index contributed by atoms with van der Waals surface area (Å²) in [6.45, 7) is 27.1. The molecule has 1 aliphatic rings. The van der Waals surface area contributed by atoms with E-state index in [4.69, 9.17) is 63.9 Å². The standard InChI is InChI=1S/C51H80N6O9Si/c1-11-38-34-42(66-67(9,10)49(2,3)4)16-17-44(38)55-48(52)43-36-54-57-37-40(35-45(57)47(43)56-46-18-19-51(7,53)50(46,5)6)39-12-14-41(15-13-39)65-33-32-64-31-30-63-29-28-62-27-26-61-25-24-60-23-22-59-21-20-58-8/h12-17,34-37,46,56H,11,18-33,53H2,1-10H3,(H2,52,55)/t46-,51+/m1/s1. The first kappa shape index (κ1) is 53.8. The minimum absolute atomic E-state index is 0.0865. The summed E-state index contributed by atoms with van der Waals surface area (Å²) < 4.78 is 52.6. The molecule has 5 rings (SSSR count). The fourth-order valence-corrected chi connectivity index (χ4v) is 8.50. The van der Waals surface area contributed by atoms with E-state index in [1.165, 1.54) is 0 Å². The maximum absolute atomic E-state index is 6.97. The molecule has 2 aromatic heterocycles. The lowest BCUT2D eigenvalue weighted by atomic mass is 9.75. The number of aromatic nitrogens is 2. The number of anilines is 1. The summed E-state index contributed by atoms with van der Waals surface area (Å²) in [7, 11) is -0.369. The number of ether oxygens (including phenoxy) is 8. The van der Waals surface area contributed by atoms with Crippen LogP contribution in [0.1, 0.15) is 72.4 Å². The highest BCUT2D eigenvalue weighted by Crippen LogP contribution is 2.46. The van der Waals surface area contributed by atoms with Crippen LogP contribution in [0.3, 0.4) is 0 Å². The van der Waals surface area contributed by atoms with E-state index >= 15 is 0 Å². The fourth-order valence-electron chi connectivity index (χ4n) is 7.47. The molecule has 0 bridgehead atoms. The molecular formula is C51H80N6O9Si. The Hall–Kier alpha value is -4.10. The van der Waals surface area contributed by atoms with Gasteiger partial charge < -0.3 is 59.1 Å². The van der Waals surface area contributed by atoms with Crippen molar-refractivity contribution in [3.8, 4) is 22.6 Å². The second-order valence-electron chi connectivity index (χ2n) is 19.4. The van der Waals surface area contributed by atoms with Crippen molar-refractivity contribution in [3.05, 3.63) is 72.1 Å². The van der Waals surface area contributed by atoms with Crippen LogP contribution in [-0.4, -0.2) is 135 Å². The zero-order valence-electron chi connectivity index (χ0n) is 42.0. The summed E-state index contributed by atoms with van der Waals surface area (Å²) in [6.07, 6.45) is 6.46. The Bertz CT molecular complexity index is 2140. The van der Waals surface area contributed by atoms with Crippen LogP contribution < -0.4 is 25.9 Å². The van der Waals surface area contributed by atoms with Gasteiger partial charge >= 0.3 is 0 Å². The smallest absolute Gasteiger partial charge is 0.250 e. The van der Waals surface area contributed by atoms with Gasteiger partial charge in [-0.1, -0.05) is 53.7 Å². The maximum Gasteiger partial charge on any atom is 0.250 e. The number of methoxy groups -OCH3 is 1. The molecule has 2 heterocycles. The Kier molecular flexibility index (Phi) is 20.5. The summed E-state index contributed by atoms with van der Waals surface area (Å²) >= 11 is 0. The zero-order chi connectivity index (χ0) is 48.5. The van der Waals surface area contributed by atoms with Gasteiger partial charge in [0.25, 0.3) is 0 Å². The summed E-state index contributed by atoms with van der Waals surface area (Å²) in [4.78, 5) is 5.04. The number of amidine groups is 1. The Morgan fingerprint density at radius 3 is 1.82 bits per heavy atom. The number of aliphatic imine (C=N–C) groups is 1. The van der Waals surface area contributed by atoms with Crippen LogP contribution in [0.25, 0.3) is 16.6 Å². The van der Waals surface area contributed by atoms with Gasteiger partial charge in [0, 0.05) is 35.9 Å². The highest BCUT2D eigenvalue weighted by atomic mass is 28.4. The predicted molar refractivity (Wildman–Crippen MR) is 270 cm³/mol. The first-order chi connectivity index (χ1) is 32.0. The second kappa shape index (κ2) is 25.5. The topological polar surface area (TPSA) is 177 Å². The molecule has 1 aliphatic carbocycles. The lowest BCUT2D eigenvalue weighted by Crippen LogP contribution is -2.51. The van der Waals surface area contributed by atoms with E-state index in [-0.39, 0.29) is 22.0 Å². The van der Waals surface area contributed by atoms with Gasteiger partial charge in [0.05, 0.1) is 115 Å². The molecule has 2 atom stereocenters. The van der Waals surface area contributed by atoms with Crippen LogP contribution in [-0.2, 0) is 39.6 Å². The van der Waals surface area contributed by atoms with Crippen LogP contribution in [0.15, 0.2) is 65.9 Å². The molecule has 0 saturated heterocycles. The Morgan fingerprint density at radius 1 is 0.776 bits per heavy atom. The molecule has 0 spiro atoms. The number of nitrogens with one attached hydrogen (secondary N) is 1. The van der Waals surface area contributed by atoms with Crippen molar-refractivity contribution >= 4 is 31.0 Å². The molecule has 0 unspecified atom stereocenters. The van der Waals surface area contributed by atoms with Crippen molar-refractivity contribution < 1.29 is 42.3 Å². The van der Waals surface area contributed by atoms with Crippen molar-refractivity contribution in [1.29, 1.82) is 0 Å². The van der Waals surface area contributed by atoms with E-state index in [0.717, 1.165) is 69.9 Å². The number of benzene rings is 2. The van der Waals surface area contributed by atoms with E-state index in [2.05, 4.69) is 91.1 Å². The van der Waals surface area contributed by atoms with Crippen LogP contribution >= 0.6 is 0 Å². The van der Waals surface area contributed by atoms with Crippen molar-refractivity contribution in [2.24, 2.45) is 21.9 Å². The lowest BCUT2D eigenvalue weighted by Gasteiger charge is -2.39. The second-order valence-corrected chi connectivity index (χ2v) is 24.1. The van der Waals surface area contributed by atoms with Crippen molar-refractivity contribution in [2.75, 3.05) is 105 Å². The Labute approximate surface area is 400 Å². The number of hydrogen-bond donors (Lipinski definition) is 3. The maximum atomic E-state index is 6.97. The third kappa shape index (κ3) is 15.4. The highest BCUT2D eigenvalue weighted by Gasteiger charge is 2.49. The molecule has 67 heavy (non-hydrogen) atoms. The predicted octanol–water partition coefficient (Wildman–Crippen LogP) is 8.43. The fraction of sp³-hybridized carbons (Fsp3) is 0.608. The monoisotopic (exact) mass is 949 g/mol. The summed E-state index contributed by atoms with van der Waals surface area (Å²) in [5.74, 6) is 2.02. The van der Waals surface area contributed by atoms with Gasteiger partial charge in [-0.2, -0.15) is 5.10 Å². The van der Waals surface area contributed by atoms with Gasteiger partial charge in [0.2, 0.25) is 8.32 Å². The molecular weight excluding hydrogens is 869 g/mol. The largest absolute Gasteiger partial charge is 0.543 e. The van der Waals surface area contributed by atoms with Gasteiger partial charge in [-0.3, -0.25) is 0 Å². The third-order valence-corrected chi connectivity index (χ3v) is 17.7. The van der Waals surface area contributed by atoms with E-state index in [1.54, 1.807) is 7.11 Å². The van der Waals surface area contributed by atoms with E-state index in [1.807, 2.05) is 41.2 Å². The normalized spacial score (nSPS) is 17.7. The third-order valence-electron chi connectivity index (χ3n) is 13.4. The average Bonchev–Trinajstić information content (AvgIpc) is 3.81. The quantitative estimate of drug-likeness (QED) is 0.0197. The summed E-state index contributed by atoms with van der Waals surface area (Å²) in [5.41, 5.74) is 19.7. The van der Waals surface area contributed by atoms with Crippen LogP contribution in [0.5, 0.6) is 11.5 Å². The van der Waals surface area contributed by atoms with Crippen molar-refractivity contribution in [3.63, 3.8) is 0 Å². The number of rotatable bonds is 30. The SMILES string of the molecule is CCc1cc(O[Si](C)(C)C(C)(C)C)ccc1/N=C(\N)c1cnn2cc(-c3ccc(OCCOCCOCCOCCOCCOCCOCCOC)cc3)cc2c1N[C@@H]1CC[C@](C)(N)C1(C)C. The molecule has 4 aromatic rings. The summed E-state index contributed by atoms with van der Waals surface area (Å²) in [6, 6.07) is 16.4. The van der Waals surface area contributed by atoms with Crippen molar-refractivity contribution in [2.45, 2.75) is 97.4 Å². The first-order valence-corrected chi connectivity index (χ1v) is 26.8. The number of nitrogens with zero attached hydrogens (tertiary/aromatic N) is 3. The van der Waals surface area contributed by atoms with Crippen LogP contribution in [0.4, 0.5) is 11.4 Å². The van der Waals surface area contributed by atoms with E-state index in [9.17, 15) is 0 Å². The van der Waals surface area contributed by atoms with Gasteiger partial charge in [0.15, 0.2) is 0 Å². The summed E-state index contributed by atoms with van der Waals surface area (Å²) in [5, 5.41) is 8.85. The molecule has 16 heteroatoms. The Morgan fingerprint density at radius 2 is 1.31 bits per heavy atom. The first-order valence-electron chi connectivity index (χ1n) is 23.9. The van der Waals surface area contributed by atoms with Crippen LogP contribution in [0.2, 0.25) is 18.1 Å². The molecule has 15 nitrogen and oxygen atoms in total. The van der Waals surface area contributed by atoms with E-state index in [0.29, 0.717) is 98.3 Å². The highest BCUT2D eigenvalue weighted by molar-refractivity contribution is 6.74. The average molecular weight is 949 g/mol. The molecule has 0 aliphatic heterocycles. The van der Waals surface area contributed by atoms with Gasteiger partial charge in [0.1, 0.15) is 23.9 Å². The molecule has 372 valence electrons. The zero-order valence-corrected chi connectivity index (χ0v) is 43.0. The molecule has 0 radical (unpaired) electrons. The Balaban J connectivity index is 1.13. The minimum atomic E-state index is -2.02. The molecule has 2 aromatic carbocycles. The molecule has 1 fully saturated rings. The number of hydrogen-bond acceptors (Lipinski definition) is 13. The van der Waals surface area contributed by atoms with Crippen molar-refractivity contribution in [1.82, 2.24) is 9.61 Å². The number of nitrogens with two attached hydrogens (primary N) is 2. The number of fused-ring (bicyclic) bond motifs is 1.